The first-order valence-electron chi connectivity index (χ1n) is 5.68. The van der Waals surface area contributed by atoms with E-state index in [1.807, 2.05) is 20.8 Å². The van der Waals surface area contributed by atoms with Crippen LogP contribution in [0.15, 0.2) is 0 Å². The minimum absolute atomic E-state index is 0.000984. The highest BCUT2D eigenvalue weighted by Gasteiger charge is 2.21. The molecule has 0 N–H and O–H groups in total. The maximum Gasteiger partial charge on any atom is 0.231 e. The molecule has 0 unspecified atom stereocenters. The average Bonchev–Trinajstić information content (AvgIpc) is 2.65. The molecule has 0 atom stereocenters. The van der Waals surface area contributed by atoms with Crippen molar-refractivity contribution >= 4 is 22.6 Å². The van der Waals surface area contributed by atoms with E-state index < -0.39 is 0 Å². The molecule has 90 valence electrons. The van der Waals surface area contributed by atoms with E-state index in [4.69, 9.17) is 0 Å². The topological polar surface area (TPSA) is 46.1 Å². The van der Waals surface area contributed by atoms with Crippen LogP contribution in [0.4, 0.5) is 5.13 Å². The number of hydrogen-bond donors (Lipinski definition) is 0. The SMILES string of the molecule is CCCCN(C(=O)C(C)C)c1nc(C)ns1. The highest BCUT2D eigenvalue weighted by atomic mass is 32.1. The van der Waals surface area contributed by atoms with Gasteiger partial charge in [-0.1, -0.05) is 27.2 Å². The average molecular weight is 241 g/mol. The van der Waals surface area contributed by atoms with Crippen LogP contribution in [0, 0.1) is 12.8 Å². The van der Waals surface area contributed by atoms with Gasteiger partial charge in [0.15, 0.2) is 0 Å². The van der Waals surface area contributed by atoms with Gasteiger partial charge in [0.05, 0.1) is 0 Å². The fraction of sp³-hybridized carbons (Fsp3) is 0.727. The number of aryl methyl sites for hydroxylation is 1. The van der Waals surface area contributed by atoms with Gasteiger partial charge < -0.3 is 0 Å². The molecule has 4 nitrogen and oxygen atoms in total. The standard InChI is InChI=1S/C11H19N3OS/c1-5-6-7-14(10(15)8(2)3)11-12-9(4)13-16-11/h8H,5-7H2,1-4H3. The van der Waals surface area contributed by atoms with Gasteiger partial charge in [-0.3, -0.25) is 9.69 Å². The molecule has 0 aromatic carbocycles. The Morgan fingerprint density at radius 3 is 2.62 bits per heavy atom. The molecule has 0 aliphatic carbocycles. The molecule has 0 saturated carbocycles. The van der Waals surface area contributed by atoms with Crippen LogP contribution in [-0.4, -0.2) is 21.8 Å². The molecule has 1 rings (SSSR count). The summed E-state index contributed by atoms with van der Waals surface area (Å²) in [6.07, 6.45) is 2.07. The van der Waals surface area contributed by atoms with Crippen LogP contribution in [0.2, 0.25) is 0 Å². The number of rotatable bonds is 5. The summed E-state index contributed by atoms with van der Waals surface area (Å²) in [5, 5.41) is 0.727. The molecule has 0 spiro atoms. The fourth-order valence-corrected chi connectivity index (χ4v) is 2.03. The van der Waals surface area contributed by atoms with Crippen LogP contribution in [0.5, 0.6) is 0 Å². The monoisotopic (exact) mass is 241 g/mol. The zero-order chi connectivity index (χ0) is 12.1. The van der Waals surface area contributed by atoms with Crippen LogP contribution in [0.3, 0.4) is 0 Å². The second-order valence-corrected chi connectivity index (χ2v) is 4.85. The number of anilines is 1. The zero-order valence-corrected chi connectivity index (χ0v) is 11.2. The van der Waals surface area contributed by atoms with Gasteiger partial charge in [-0.2, -0.15) is 4.37 Å². The largest absolute Gasteiger partial charge is 0.287 e. The molecule has 0 bridgehead atoms. The van der Waals surface area contributed by atoms with Gasteiger partial charge in [-0.05, 0) is 13.3 Å². The highest BCUT2D eigenvalue weighted by Crippen LogP contribution is 2.19. The van der Waals surface area contributed by atoms with Crippen molar-refractivity contribution in [2.45, 2.75) is 40.5 Å². The van der Waals surface area contributed by atoms with Crippen LogP contribution < -0.4 is 4.90 Å². The van der Waals surface area contributed by atoms with E-state index in [2.05, 4.69) is 16.3 Å². The number of amides is 1. The summed E-state index contributed by atoms with van der Waals surface area (Å²) in [6, 6.07) is 0. The van der Waals surface area contributed by atoms with Crippen molar-refractivity contribution in [3.8, 4) is 0 Å². The van der Waals surface area contributed by atoms with E-state index in [0.717, 1.165) is 30.3 Å². The van der Waals surface area contributed by atoms with Crippen LogP contribution >= 0.6 is 11.5 Å². The van der Waals surface area contributed by atoms with E-state index in [1.54, 1.807) is 4.90 Å². The summed E-state index contributed by atoms with van der Waals surface area (Å²) in [5.74, 6) is 0.865. The lowest BCUT2D eigenvalue weighted by Crippen LogP contribution is -2.35. The number of hydrogen-bond acceptors (Lipinski definition) is 4. The Kier molecular flexibility index (Phi) is 4.86. The molecule has 1 aromatic rings. The lowest BCUT2D eigenvalue weighted by molar-refractivity contribution is -0.121. The third-order valence-corrected chi connectivity index (χ3v) is 3.07. The van der Waals surface area contributed by atoms with Crippen molar-refractivity contribution in [2.24, 2.45) is 5.92 Å². The molecule has 0 aliphatic rings. The van der Waals surface area contributed by atoms with E-state index in [1.165, 1.54) is 11.5 Å². The van der Waals surface area contributed by atoms with E-state index >= 15 is 0 Å². The van der Waals surface area contributed by atoms with Gasteiger partial charge in [0.2, 0.25) is 11.0 Å². The Labute approximate surface area is 101 Å². The number of nitrogens with zero attached hydrogens (tertiary/aromatic N) is 3. The van der Waals surface area contributed by atoms with Gasteiger partial charge in [0.25, 0.3) is 0 Å². The van der Waals surface area contributed by atoms with E-state index in [0.29, 0.717) is 0 Å². The van der Waals surface area contributed by atoms with Gasteiger partial charge in [-0.25, -0.2) is 4.98 Å². The maximum absolute atomic E-state index is 12.0. The summed E-state index contributed by atoms with van der Waals surface area (Å²) in [5.41, 5.74) is 0. The van der Waals surface area contributed by atoms with Crippen molar-refractivity contribution in [2.75, 3.05) is 11.4 Å². The Morgan fingerprint density at radius 2 is 2.19 bits per heavy atom. The van der Waals surface area contributed by atoms with Crippen molar-refractivity contribution < 1.29 is 4.79 Å². The molecule has 1 heterocycles. The quantitative estimate of drug-likeness (QED) is 0.796. The lowest BCUT2D eigenvalue weighted by Gasteiger charge is -2.21. The number of carbonyl (C=O) groups excluding carboxylic acids is 1. The number of aromatic nitrogens is 2. The molecule has 1 amide bonds. The second-order valence-electron chi connectivity index (χ2n) is 4.12. The molecule has 0 aliphatic heterocycles. The van der Waals surface area contributed by atoms with Crippen molar-refractivity contribution in [3.63, 3.8) is 0 Å². The minimum atomic E-state index is 0.000984. The summed E-state index contributed by atoms with van der Waals surface area (Å²) in [6.45, 7) is 8.52. The normalized spacial score (nSPS) is 10.8. The summed E-state index contributed by atoms with van der Waals surface area (Å²) in [7, 11) is 0. The Morgan fingerprint density at radius 1 is 1.50 bits per heavy atom. The number of carbonyl (C=O) groups is 1. The first-order valence-corrected chi connectivity index (χ1v) is 6.45. The first kappa shape index (κ1) is 13.1. The molecule has 5 heteroatoms. The fourth-order valence-electron chi connectivity index (χ4n) is 1.32. The first-order chi connectivity index (χ1) is 7.56. The smallest absolute Gasteiger partial charge is 0.231 e. The van der Waals surface area contributed by atoms with Crippen molar-refractivity contribution in [1.29, 1.82) is 0 Å². The van der Waals surface area contributed by atoms with Gasteiger partial charge in [-0.15, -0.1) is 0 Å². The minimum Gasteiger partial charge on any atom is -0.287 e. The molecular weight excluding hydrogens is 222 g/mol. The zero-order valence-electron chi connectivity index (χ0n) is 10.4. The molecule has 1 aromatic heterocycles. The molecule has 0 saturated heterocycles. The van der Waals surface area contributed by atoms with E-state index in [9.17, 15) is 4.79 Å². The number of unbranched alkanes of at least 4 members (excludes halogenated alkanes) is 1. The predicted octanol–water partition coefficient (Wildman–Crippen LogP) is 2.64. The third kappa shape index (κ3) is 3.27. The molecule has 0 fully saturated rings. The van der Waals surface area contributed by atoms with Gasteiger partial charge in [0, 0.05) is 24.0 Å². The Balaban J connectivity index is 2.82. The van der Waals surface area contributed by atoms with Crippen molar-refractivity contribution in [3.05, 3.63) is 5.82 Å². The van der Waals surface area contributed by atoms with Crippen LogP contribution in [0.25, 0.3) is 0 Å². The summed E-state index contributed by atoms with van der Waals surface area (Å²) < 4.78 is 4.12. The van der Waals surface area contributed by atoms with Crippen LogP contribution in [0.1, 0.15) is 39.4 Å². The lowest BCUT2D eigenvalue weighted by atomic mass is 10.2. The summed E-state index contributed by atoms with van der Waals surface area (Å²) in [4.78, 5) is 18.1. The summed E-state index contributed by atoms with van der Waals surface area (Å²) >= 11 is 1.30. The molecular formula is C11H19N3OS. The van der Waals surface area contributed by atoms with Crippen LogP contribution in [-0.2, 0) is 4.79 Å². The maximum atomic E-state index is 12.0. The Hall–Kier alpha value is -0.970. The van der Waals surface area contributed by atoms with Crippen molar-refractivity contribution in [1.82, 2.24) is 9.36 Å². The van der Waals surface area contributed by atoms with E-state index in [-0.39, 0.29) is 11.8 Å². The van der Waals surface area contributed by atoms with Gasteiger partial charge >= 0.3 is 0 Å². The highest BCUT2D eigenvalue weighted by molar-refractivity contribution is 7.09. The predicted molar refractivity (Wildman–Crippen MR) is 66.7 cm³/mol. The molecule has 0 radical (unpaired) electrons. The molecule has 16 heavy (non-hydrogen) atoms. The van der Waals surface area contributed by atoms with Gasteiger partial charge in [0.1, 0.15) is 5.82 Å². The Bertz CT molecular complexity index is 349. The third-order valence-electron chi connectivity index (χ3n) is 2.24. The second kappa shape index (κ2) is 5.94.